The minimum Gasteiger partial charge on any atom is -0.726 e. The fraction of sp³-hybridized carbons (Fsp3) is 0.953. The number of likely N-dealkylation sites (N-methyl/N-ethyl adjacent to an activating group) is 2. The summed E-state index contributed by atoms with van der Waals surface area (Å²) in [5.41, 5.74) is 5.11. The van der Waals surface area contributed by atoms with Gasteiger partial charge >= 0.3 is 0 Å². The number of hydrogen-bond donors (Lipinski definition) is 1. The van der Waals surface area contributed by atoms with E-state index < -0.39 is 10.4 Å². The highest BCUT2D eigenvalue weighted by molar-refractivity contribution is 7.80. The third kappa shape index (κ3) is 41.6. The van der Waals surface area contributed by atoms with E-state index in [1.165, 1.54) is 219 Å². The van der Waals surface area contributed by atoms with E-state index in [1.54, 1.807) is 5.84 Å². The first-order valence-corrected chi connectivity index (χ1v) is 23.6. The van der Waals surface area contributed by atoms with Gasteiger partial charge in [0.05, 0.1) is 20.7 Å². The molecule has 0 spiro atoms. The first-order chi connectivity index (χ1) is 25.1. The Kier molecular flexibility index (Phi) is 41.7. The van der Waals surface area contributed by atoms with E-state index in [4.69, 9.17) is 5.73 Å². The van der Waals surface area contributed by atoms with E-state index in [0.29, 0.717) is 6.42 Å². The summed E-state index contributed by atoms with van der Waals surface area (Å²) in [5.74, 6) is 1.44. The smallest absolute Gasteiger partial charge is 0.246 e. The Morgan fingerprint density at radius 3 is 1.17 bits per heavy atom. The zero-order valence-electron chi connectivity index (χ0n) is 35.4. The van der Waals surface area contributed by atoms with Crippen LogP contribution in [0.5, 0.6) is 0 Å². The molecule has 0 atom stereocenters. The van der Waals surface area contributed by atoms with E-state index >= 15 is 0 Å². The highest BCUT2D eigenvalue weighted by Crippen LogP contribution is 2.16. The van der Waals surface area contributed by atoms with Crippen LogP contribution >= 0.6 is 0 Å². The van der Waals surface area contributed by atoms with Crippen LogP contribution in [0.25, 0.3) is 0 Å². The van der Waals surface area contributed by atoms with Gasteiger partial charge in [-0.05, 0) is 19.8 Å². The summed E-state index contributed by atoms with van der Waals surface area (Å²) < 4.78 is 33.5. The molecule has 1 amide bonds. The lowest BCUT2D eigenvalue weighted by atomic mass is 10.0. The van der Waals surface area contributed by atoms with Gasteiger partial charge in [-0.1, -0.05) is 200 Å². The number of hydrogen-bond acceptors (Lipinski definition) is 6. The van der Waals surface area contributed by atoms with Crippen LogP contribution in [0.15, 0.2) is 0 Å². The van der Waals surface area contributed by atoms with Gasteiger partial charge in [-0.25, -0.2) is 8.42 Å². The standard InChI is InChI=1S/C24H49N2.C18H37NO.CH4O4S/c1-4-6-7-8-9-10-11-12-13-14-15-16-17-18-19-20-21-24-25(3)22-23-26(24)5-2;1-2-3-4-5-6-7-8-9-10-11-12-13-14-15-16-17-18(19)20;1-5-6(2,3)4/h4-23H2,1-3H3;2-17H2,1H3,(H2,19,20);1H3,(H,2,3,4)/q+1;;/p-1. The molecule has 0 radical (unpaired) electrons. The predicted octanol–water partition coefficient (Wildman–Crippen LogP) is 11.8. The molecular weight excluding hydrogens is 671 g/mol. The molecule has 8 nitrogen and oxygen atoms in total. The van der Waals surface area contributed by atoms with Crippen molar-refractivity contribution in [1.82, 2.24) is 4.90 Å². The molecule has 0 aromatic carbocycles. The third-order valence-electron chi connectivity index (χ3n) is 10.4. The summed E-state index contributed by atoms with van der Waals surface area (Å²) in [4.78, 5) is 13.1. The van der Waals surface area contributed by atoms with Crippen molar-refractivity contribution in [2.45, 2.75) is 233 Å². The van der Waals surface area contributed by atoms with E-state index in [2.05, 4.69) is 41.5 Å². The van der Waals surface area contributed by atoms with E-state index in [1.807, 2.05) is 0 Å². The quantitative estimate of drug-likeness (QED) is 0.0298. The lowest BCUT2D eigenvalue weighted by Gasteiger charge is -2.10. The molecular formula is C43H89N3O5S. The van der Waals surface area contributed by atoms with Gasteiger partial charge in [0.1, 0.15) is 13.1 Å². The molecule has 1 aliphatic rings. The van der Waals surface area contributed by atoms with Crippen molar-refractivity contribution in [2.75, 3.05) is 33.8 Å². The predicted molar refractivity (Wildman–Crippen MR) is 223 cm³/mol. The fourth-order valence-corrected chi connectivity index (χ4v) is 6.96. The summed E-state index contributed by atoms with van der Waals surface area (Å²) in [6.07, 6.45) is 45.4. The molecule has 1 aliphatic heterocycles. The van der Waals surface area contributed by atoms with Crippen LogP contribution < -0.4 is 5.73 Å². The number of nitrogens with zero attached hydrogens (tertiary/aromatic N) is 2. The van der Waals surface area contributed by atoms with Crippen molar-refractivity contribution in [1.29, 1.82) is 0 Å². The maximum Gasteiger partial charge on any atom is 0.246 e. The Labute approximate surface area is 324 Å². The van der Waals surface area contributed by atoms with E-state index in [9.17, 15) is 17.8 Å². The molecule has 312 valence electrons. The monoisotopic (exact) mass is 760 g/mol. The van der Waals surface area contributed by atoms with Crippen molar-refractivity contribution in [3.63, 3.8) is 0 Å². The summed E-state index contributed by atoms with van der Waals surface area (Å²) in [6, 6.07) is 0. The molecule has 0 saturated carbocycles. The van der Waals surface area contributed by atoms with E-state index in [0.717, 1.165) is 13.5 Å². The minimum atomic E-state index is -4.41. The minimum absolute atomic E-state index is 0.153. The summed E-state index contributed by atoms with van der Waals surface area (Å²) in [6.45, 7) is 10.5. The van der Waals surface area contributed by atoms with Crippen molar-refractivity contribution in [2.24, 2.45) is 5.73 Å². The number of unbranched alkanes of at least 4 members (excludes halogenated alkanes) is 29. The second kappa shape index (κ2) is 41.0. The molecule has 0 bridgehead atoms. The Morgan fingerprint density at radius 1 is 0.615 bits per heavy atom. The first-order valence-electron chi connectivity index (χ1n) is 22.2. The molecule has 9 heteroatoms. The second-order valence-corrected chi connectivity index (χ2v) is 16.4. The zero-order valence-corrected chi connectivity index (χ0v) is 36.2. The van der Waals surface area contributed by atoms with Crippen LogP contribution in [0.3, 0.4) is 0 Å². The van der Waals surface area contributed by atoms with Gasteiger partial charge < -0.3 is 10.3 Å². The van der Waals surface area contributed by atoms with E-state index in [-0.39, 0.29) is 5.91 Å². The molecule has 2 N–H and O–H groups in total. The topological polar surface area (TPSA) is 116 Å². The highest BCUT2D eigenvalue weighted by atomic mass is 32.3. The first kappa shape index (κ1) is 52.9. The van der Waals surface area contributed by atoms with Crippen LogP contribution in [0, 0.1) is 0 Å². The summed E-state index contributed by atoms with van der Waals surface area (Å²) in [5, 5.41) is 0. The van der Waals surface area contributed by atoms with Crippen molar-refractivity contribution in [3.05, 3.63) is 0 Å². The SMILES string of the molecule is CCCCCCCCCCCCCCCCCC(N)=O.CCCCCCCCCCCCCCCCCCC1=[N+](C)CCN1CC.COS(=O)(=O)[O-]. The number of amides is 1. The summed E-state index contributed by atoms with van der Waals surface area (Å²) >= 11 is 0. The van der Waals surface area contributed by atoms with Gasteiger partial charge in [0.2, 0.25) is 22.1 Å². The largest absolute Gasteiger partial charge is 0.726 e. The zero-order chi connectivity index (χ0) is 39.0. The maximum absolute atomic E-state index is 10.6. The number of carbonyl (C=O) groups excluding carboxylic acids is 1. The third-order valence-corrected chi connectivity index (χ3v) is 10.8. The maximum atomic E-state index is 10.6. The fourth-order valence-electron chi connectivity index (χ4n) is 6.96. The number of carbonyl (C=O) groups is 1. The molecule has 0 unspecified atom stereocenters. The average molecular weight is 760 g/mol. The van der Waals surface area contributed by atoms with Gasteiger partial charge in [0.15, 0.2) is 0 Å². The van der Waals surface area contributed by atoms with Crippen LogP contribution in [-0.4, -0.2) is 68.0 Å². The van der Waals surface area contributed by atoms with Gasteiger partial charge in [0.25, 0.3) is 0 Å². The number of nitrogens with two attached hydrogens (primary N) is 1. The molecule has 1 rings (SSSR count). The highest BCUT2D eigenvalue weighted by Gasteiger charge is 2.25. The Balaban J connectivity index is 0. The second-order valence-electron chi connectivity index (χ2n) is 15.2. The Morgan fingerprint density at radius 2 is 0.904 bits per heavy atom. The van der Waals surface area contributed by atoms with Gasteiger partial charge in [0, 0.05) is 12.8 Å². The molecule has 52 heavy (non-hydrogen) atoms. The Hall–Kier alpha value is -1.19. The Bertz CT molecular complexity index is 897. The van der Waals surface area contributed by atoms with Crippen LogP contribution in [0.4, 0.5) is 0 Å². The molecule has 0 fully saturated rings. The molecule has 1 heterocycles. The van der Waals surface area contributed by atoms with Crippen molar-refractivity contribution >= 4 is 22.1 Å². The van der Waals surface area contributed by atoms with Gasteiger partial charge in [-0.3, -0.25) is 18.5 Å². The summed E-state index contributed by atoms with van der Waals surface area (Å²) in [7, 11) is -1.34. The molecule has 0 aliphatic carbocycles. The lowest BCUT2D eigenvalue weighted by Crippen LogP contribution is -2.28. The lowest BCUT2D eigenvalue weighted by molar-refractivity contribution is -0.487. The normalized spacial score (nSPS) is 12.8. The van der Waals surface area contributed by atoms with Crippen LogP contribution in [0.2, 0.25) is 0 Å². The molecule has 0 saturated heterocycles. The number of primary amides is 1. The average Bonchev–Trinajstić information content (AvgIpc) is 3.48. The van der Waals surface area contributed by atoms with Crippen molar-refractivity contribution in [3.8, 4) is 0 Å². The number of rotatable bonds is 35. The van der Waals surface area contributed by atoms with Crippen LogP contribution in [0.1, 0.15) is 233 Å². The van der Waals surface area contributed by atoms with Gasteiger partial charge in [-0.2, -0.15) is 0 Å². The van der Waals surface area contributed by atoms with Gasteiger partial charge in [-0.15, -0.1) is 0 Å². The van der Waals surface area contributed by atoms with Crippen molar-refractivity contribution < 1.29 is 26.5 Å². The number of amidine groups is 1. The van der Waals surface area contributed by atoms with Crippen LogP contribution in [-0.2, 0) is 19.4 Å². The molecule has 0 aromatic heterocycles. The molecule has 0 aromatic rings.